The summed E-state index contributed by atoms with van der Waals surface area (Å²) in [4.78, 5) is 24.6. The number of ether oxygens (including phenoxy) is 3. The van der Waals surface area contributed by atoms with Crippen LogP contribution in [0.4, 0.5) is 48.1 Å². The van der Waals surface area contributed by atoms with Crippen LogP contribution in [-0.4, -0.2) is 89.0 Å². The topological polar surface area (TPSA) is 177 Å². The van der Waals surface area contributed by atoms with Crippen molar-refractivity contribution in [2.45, 2.75) is 50.2 Å². The van der Waals surface area contributed by atoms with Crippen molar-refractivity contribution in [1.29, 1.82) is 0 Å². The molecule has 0 unspecified atom stereocenters. The number of hydrogen-bond acceptors (Lipinski definition) is 15. The molecule has 15 nitrogen and oxygen atoms in total. The first-order valence-corrected chi connectivity index (χ1v) is 21.8. The molecule has 65 heavy (non-hydrogen) atoms. The maximum Gasteiger partial charge on any atom is 0.419 e. The van der Waals surface area contributed by atoms with Crippen LogP contribution in [-0.2, 0) is 20.4 Å². The summed E-state index contributed by atoms with van der Waals surface area (Å²) in [6.07, 6.45) is 7.39. The lowest BCUT2D eigenvalue weighted by atomic mass is 10.1. The van der Waals surface area contributed by atoms with Crippen LogP contribution in [0.5, 0.6) is 0 Å². The Labute approximate surface area is 375 Å². The van der Waals surface area contributed by atoms with Crippen molar-refractivity contribution in [3.8, 4) is 0 Å². The van der Waals surface area contributed by atoms with Crippen molar-refractivity contribution < 1.29 is 27.4 Å². The number of nitrogens with one attached hydrogen (secondary N) is 6. The average Bonchev–Trinajstić information content (AvgIpc) is 4.21. The molecule has 18 heteroatoms. The summed E-state index contributed by atoms with van der Waals surface area (Å²) in [6.45, 7) is 9.39. The second-order valence-corrected chi connectivity index (χ2v) is 15.9. The van der Waals surface area contributed by atoms with Crippen molar-refractivity contribution in [3.63, 3.8) is 0 Å². The SMILES string of the molecule is Cc1cnc(Nc2ccc([C@H]3CNCCO3)cc2)nc1.FC(F)(F)c1cnc(Nc2ccc([C@H]3CNCCO3)cc2)nc1.c1cc([C@H]2CNCCO2)ccc1Nc1ncc(C2CC2)cn1. The normalized spacial score (nSPS) is 19.7. The van der Waals surface area contributed by atoms with Gasteiger partial charge in [0.05, 0.1) is 43.7 Å². The number of hydrogen-bond donors (Lipinski definition) is 6. The van der Waals surface area contributed by atoms with Gasteiger partial charge in [0.2, 0.25) is 17.8 Å². The molecule has 6 N–H and O–H groups in total. The van der Waals surface area contributed by atoms with Gasteiger partial charge in [0.25, 0.3) is 0 Å². The van der Waals surface area contributed by atoms with Crippen LogP contribution < -0.4 is 31.9 Å². The Balaban J connectivity index is 0.000000133. The van der Waals surface area contributed by atoms with E-state index in [0.717, 1.165) is 87.4 Å². The Morgan fingerprint density at radius 3 is 1.12 bits per heavy atom. The molecule has 3 aromatic heterocycles. The van der Waals surface area contributed by atoms with E-state index in [1.54, 1.807) is 12.4 Å². The minimum Gasteiger partial charge on any atom is -0.371 e. The van der Waals surface area contributed by atoms with Crippen LogP contribution in [0.2, 0.25) is 0 Å². The molecule has 4 aliphatic rings. The standard InChI is InChI=1S/C17H20N4O.C15H15F3N4O.C15H18N4O/c1-2-12(1)14-9-19-17(20-10-14)21-15-5-3-13(4-6-15)16-11-18-7-8-22-16;16-15(17,18)11-7-20-14(21-8-11)22-12-3-1-10(2-4-12)13-9-19-5-6-23-13;1-11-8-17-15(18-9-11)19-13-4-2-12(3-5-13)14-10-16-6-7-20-14/h3-6,9-10,12,16,18H,1-2,7-8,11H2,(H,19,20,21);1-4,7-8,13,19H,5-6,9H2,(H,20,21,22);2-5,8-9,14,16H,6-7,10H2,1H3,(H,17,18,19)/t16-;13-;14-/m111/s1. The quantitative estimate of drug-likeness (QED) is 0.0784. The Hall–Kier alpha value is -6.15. The fourth-order valence-corrected chi connectivity index (χ4v) is 7.10. The zero-order valence-electron chi connectivity index (χ0n) is 36.0. The number of aryl methyl sites for hydroxylation is 1. The largest absolute Gasteiger partial charge is 0.419 e. The van der Waals surface area contributed by atoms with Crippen LogP contribution in [0, 0.1) is 6.92 Å². The lowest BCUT2D eigenvalue weighted by Gasteiger charge is -2.24. The van der Waals surface area contributed by atoms with Crippen molar-refractivity contribution in [1.82, 2.24) is 45.9 Å². The summed E-state index contributed by atoms with van der Waals surface area (Å²) >= 11 is 0. The van der Waals surface area contributed by atoms with Gasteiger partial charge in [0.15, 0.2) is 0 Å². The minimum absolute atomic E-state index is 0.0140. The number of nitrogens with zero attached hydrogens (tertiary/aromatic N) is 6. The third-order valence-electron chi connectivity index (χ3n) is 10.9. The molecule has 0 amide bonds. The zero-order valence-corrected chi connectivity index (χ0v) is 36.0. The molecule has 10 rings (SSSR count). The van der Waals surface area contributed by atoms with Gasteiger partial charge in [-0.2, -0.15) is 13.2 Å². The molecule has 1 aliphatic carbocycles. The van der Waals surface area contributed by atoms with Crippen LogP contribution >= 0.6 is 0 Å². The molecule has 0 bridgehead atoms. The number of aromatic nitrogens is 6. The van der Waals surface area contributed by atoms with Gasteiger partial charge in [-0.25, -0.2) is 29.9 Å². The number of rotatable bonds is 10. The molecular weight excluding hydrogens is 838 g/mol. The second kappa shape index (κ2) is 22.2. The van der Waals surface area contributed by atoms with E-state index in [0.29, 0.717) is 30.1 Å². The molecule has 4 fully saturated rings. The molecule has 1 saturated carbocycles. The van der Waals surface area contributed by atoms with E-state index in [1.807, 2.05) is 67.8 Å². The second-order valence-electron chi connectivity index (χ2n) is 15.9. The van der Waals surface area contributed by atoms with Crippen LogP contribution in [0.25, 0.3) is 0 Å². The van der Waals surface area contributed by atoms with Crippen LogP contribution in [0.1, 0.15) is 70.5 Å². The molecule has 340 valence electrons. The van der Waals surface area contributed by atoms with Gasteiger partial charge in [-0.05, 0) is 89.9 Å². The summed E-state index contributed by atoms with van der Waals surface area (Å²) in [7, 11) is 0. The lowest BCUT2D eigenvalue weighted by molar-refractivity contribution is -0.138. The Kier molecular flexibility index (Phi) is 15.5. The summed E-state index contributed by atoms with van der Waals surface area (Å²) in [5.74, 6) is 2.06. The first kappa shape index (κ1) is 45.4. The maximum atomic E-state index is 12.5. The highest BCUT2D eigenvalue weighted by atomic mass is 19.4. The smallest absolute Gasteiger partial charge is 0.371 e. The molecule has 3 saturated heterocycles. The molecule has 6 heterocycles. The maximum absolute atomic E-state index is 12.5. The molecule has 0 spiro atoms. The van der Waals surface area contributed by atoms with E-state index >= 15 is 0 Å². The van der Waals surface area contributed by atoms with Gasteiger partial charge >= 0.3 is 6.18 Å². The first-order valence-electron chi connectivity index (χ1n) is 21.8. The van der Waals surface area contributed by atoms with Crippen molar-refractivity contribution in [2.75, 3.05) is 75.0 Å². The van der Waals surface area contributed by atoms with Crippen molar-refractivity contribution in [3.05, 3.63) is 143 Å². The number of anilines is 6. The highest BCUT2D eigenvalue weighted by Crippen LogP contribution is 2.39. The lowest BCUT2D eigenvalue weighted by Crippen LogP contribution is -2.33. The molecule has 3 aromatic carbocycles. The molecule has 0 radical (unpaired) electrons. The monoisotopic (exact) mass is 890 g/mol. The van der Waals surface area contributed by atoms with E-state index in [4.69, 9.17) is 14.2 Å². The fraction of sp³-hybridized carbons (Fsp3) is 0.362. The molecular formula is C47H53F3N12O3. The summed E-state index contributed by atoms with van der Waals surface area (Å²) in [6, 6.07) is 23.9. The van der Waals surface area contributed by atoms with E-state index in [-0.39, 0.29) is 24.3 Å². The Bertz CT molecular complexity index is 2340. The Morgan fingerprint density at radius 2 is 0.815 bits per heavy atom. The van der Waals surface area contributed by atoms with E-state index in [2.05, 4.69) is 86.1 Å². The zero-order chi connectivity index (χ0) is 44.9. The highest BCUT2D eigenvalue weighted by molar-refractivity contribution is 5.55. The van der Waals surface area contributed by atoms with E-state index in [1.165, 1.54) is 29.5 Å². The van der Waals surface area contributed by atoms with Crippen molar-refractivity contribution >= 4 is 34.9 Å². The predicted octanol–water partition coefficient (Wildman–Crippen LogP) is 7.85. The summed E-state index contributed by atoms with van der Waals surface area (Å²) in [5, 5.41) is 19.2. The Morgan fingerprint density at radius 1 is 0.477 bits per heavy atom. The van der Waals surface area contributed by atoms with Gasteiger partial charge in [-0.15, -0.1) is 0 Å². The van der Waals surface area contributed by atoms with Gasteiger partial charge < -0.3 is 46.1 Å². The van der Waals surface area contributed by atoms with Crippen LogP contribution in [0.3, 0.4) is 0 Å². The van der Waals surface area contributed by atoms with Crippen molar-refractivity contribution in [2.24, 2.45) is 0 Å². The third kappa shape index (κ3) is 13.7. The summed E-state index contributed by atoms with van der Waals surface area (Å²) in [5.41, 5.74) is 7.51. The predicted molar refractivity (Wildman–Crippen MR) is 242 cm³/mol. The molecule has 3 aliphatic heterocycles. The number of morpholine rings is 3. The first-order chi connectivity index (χ1) is 31.7. The minimum atomic E-state index is -4.44. The average molecular weight is 891 g/mol. The van der Waals surface area contributed by atoms with Gasteiger partial charge in [0.1, 0.15) is 0 Å². The molecule has 3 atom stereocenters. The third-order valence-corrected chi connectivity index (χ3v) is 10.9. The molecule has 6 aromatic rings. The summed E-state index contributed by atoms with van der Waals surface area (Å²) < 4.78 is 54.5. The fourth-order valence-electron chi connectivity index (χ4n) is 7.10. The van der Waals surface area contributed by atoms with E-state index < -0.39 is 11.7 Å². The van der Waals surface area contributed by atoms with E-state index in [9.17, 15) is 13.2 Å². The van der Waals surface area contributed by atoms with Gasteiger partial charge in [0, 0.05) is 93.5 Å². The highest BCUT2D eigenvalue weighted by Gasteiger charge is 2.31. The number of halogens is 3. The van der Waals surface area contributed by atoms with Gasteiger partial charge in [-0.1, -0.05) is 36.4 Å². The number of alkyl halides is 3. The van der Waals surface area contributed by atoms with Crippen LogP contribution in [0.15, 0.2) is 110 Å². The number of benzene rings is 3. The van der Waals surface area contributed by atoms with Gasteiger partial charge in [-0.3, -0.25) is 0 Å².